The number of ether oxygens (including phenoxy) is 2. The number of pyridine rings is 1. The van der Waals surface area contributed by atoms with E-state index in [4.69, 9.17) is 14.5 Å². The van der Waals surface area contributed by atoms with Gasteiger partial charge in [0, 0.05) is 24.7 Å². The first kappa shape index (κ1) is 17.9. The van der Waals surface area contributed by atoms with Crippen LogP contribution in [0.5, 0.6) is 5.88 Å². The fourth-order valence-electron chi connectivity index (χ4n) is 2.72. The minimum absolute atomic E-state index is 0.0422. The van der Waals surface area contributed by atoms with Gasteiger partial charge >= 0.3 is 0 Å². The van der Waals surface area contributed by atoms with E-state index in [2.05, 4.69) is 19.9 Å². The minimum atomic E-state index is -0.267. The zero-order valence-corrected chi connectivity index (χ0v) is 15.5. The number of nitrogens with zero attached hydrogens (tertiary/aromatic N) is 4. The highest BCUT2D eigenvalue weighted by Crippen LogP contribution is 2.28. The van der Waals surface area contributed by atoms with Gasteiger partial charge in [0.2, 0.25) is 5.88 Å². The molecule has 8 heteroatoms. The number of methoxy groups -OCH3 is 2. The molecule has 0 aromatic carbocycles. The normalized spacial score (nSPS) is 12.3. The van der Waals surface area contributed by atoms with Gasteiger partial charge in [-0.05, 0) is 19.9 Å². The van der Waals surface area contributed by atoms with Crippen LogP contribution in [0.2, 0.25) is 0 Å². The molecule has 0 aliphatic heterocycles. The van der Waals surface area contributed by atoms with Crippen molar-refractivity contribution in [3.8, 4) is 17.1 Å². The van der Waals surface area contributed by atoms with Crippen molar-refractivity contribution in [3.63, 3.8) is 0 Å². The second kappa shape index (κ2) is 7.17. The number of rotatable bonds is 5. The summed E-state index contributed by atoms with van der Waals surface area (Å²) in [5, 5.41) is 0. The highest BCUT2D eigenvalue weighted by molar-refractivity contribution is 5.87. The molecule has 3 aromatic rings. The monoisotopic (exact) mass is 355 g/mol. The quantitative estimate of drug-likeness (QED) is 0.748. The van der Waals surface area contributed by atoms with Crippen LogP contribution in [0.4, 0.5) is 0 Å². The van der Waals surface area contributed by atoms with Gasteiger partial charge in [-0.1, -0.05) is 6.92 Å². The number of hydrogen-bond acceptors (Lipinski definition) is 7. The molecule has 3 rings (SSSR count). The predicted molar refractivity (Wildman–Crippen MR) is 97.5 cm³/mol. The lowest BCUT2D eigenvalue weighted by molar-refractivity contribution is 0.182. The molecule has 0 unspecified atom stereocenters. The predicted octanol–water partition coefficient (Wildman–Crippen LogP) is 2.15. The van der Waals surface area contributed by atoms with Crippen LogP contribution in [0.3, 0.4) is 0 Å². The molecular weight excluding hydrogens is 334 g/mol. The number of nitrogens with one attached hydrogen (secondary N) is 1. The second-order valence-corrected chi connectivity index (χ2v) is 6.12. The van der Waals surface area contributed by atoms with Gasteiger partial charge in [0.1, 0.15) is 22.7 Å². The van der Waals surface area contributed by atoms with Crippen LogP contribution in [0.15, 0.2) is 16.9 Å². The van der Waals surface area contributed by atoms with Crippen LogP contribution in [0, 0.1) is 13.8 Å². The molecule has 0 saturated carbocycles. The highest BCUT2D eigenvalue weighted by Gasteiger charge is 2.18. The molecule has 26 heavy (non-hydrogen) atoms. The van der Waals surface area contributed by atoms with Gasteiger partial charge in [-0.15, -0.1) is 0 Å². The summed E-state index contributed by atoms with van der Waals surface area (Å²) in [6.45, 7) is 5.97. The van der Waals surface area contributed by atoms with Crippen molar-refractivity contribution in [1.29, 1.82) is 0 Å². The van der Waals surface area contributed by atoms with Crippen molar-refractivity contribution in [2.45, 2.75) is 26.7 Å². The summed E-state index contributed by atoms with van der Waals surface area (Å²) < 4.78 is 10.4. The molecule has 8 nitrogen and oxygen atoms in total. The number of H-pyrrole nitrogens is 1. The lowest BCUT2D eigenvalue weighted by Gasteiger charge is -2.14. The summed E-state index contributed by atoms with van der Waals surface area (Å²) in [6, 6.07) is 3.66. The zero-order chi connectivity index (χ0) is 18.8. The van der Waals surface area contributed by atoms with E-state index < -0.39 is 0 Å². The van der Waals surface area contributed by atoms with Crippen LogP contribution in [-0.2, 0) is 4.74 Å². The Labute approximate surface area is 150 Å². The van der Waals surface area contributed by atoms with Crippen molar-refractivity contribution in [2.24, 2.45) is 0 Å². The Balaban J connectivity index is 2.31. The molecule has 0 saturated heterocycles. The maximum Gasteiger partial charge on any atom is 0.270 e. The van der Waals surface area contributed by atoms with Gasteiger partial charge in [-0.3, -0.25) is 4.79 Å². The third-order valence-corrected chi connectivity index (χ3v) is 4.12. The lowest BCUT2D eigenvalue weighted by atomic mass is 10.1. The zero-order valence-electron chi connectivity index (χ0n) is 15.5. The average Bonchev–Trinajstić information content (AvgIpc) is 2.62. The number of fused-ring (bicyclic) bond motifs is 1. The first-order chi connectivity index (χ1) is 12.4. The number of aromatic amines is 1. The molecule has 1 N–H and O–H groups in total. The van der Waals surface area contributed by atoms with Crippen LogP contribution in [0.25, 0.3) is 22.4 Å². The molecule has 3 aromatic heterocycles. The molecule has 3 heterocycles. The van der Waals surface area contributed by atoms with Gasteiger partial charge in [0.25, 0.3) is 5.56 Å². The third-order valence-electron chi connectivity index (χ3n) is 4.12. The molecular formula is C18H21N5O3. The number of aromatic nitrogens is 5. The van der Waals surface area contributed by atoms with Gasteiger partial charge in [-0.2, -0.15) is 0 Å². The molecule has 0 bridgehead atoms. The van der Waals surface area contributed by atoms with E-state index in [-0.39, 0.29) is 11.5 Å². The molecule has 0 aliphatic carbocycles. The SMILES string of the molecule is COC[C@@H](C)c1nc(-c2ccc(OC)nc2C)c2nc(C)c(=O)[nH]c2n1. The molecule has 0 aliphatic rings. The molecule has 0 amide bonds. The smallest absolute Gasteiger partial charge is 0.270 e. The van der Waals surface area contributed by atoms with Gasteiger partial charge < -0.3 is 14.5 Å². The van der Waals surface area contributed by atoms with Crippen molar-refractivity contribution in [2.75, 3.05) is 20.8 Å². The Morgan fingerprint density at radius 3 is 2.50 bits per heavy atom. The molecule has 0 fully saturated rings. The van der Waals surface area contributed by atoms with E-state index in [1.165, 1.54) is 0 Å². The van der Waals surface area contributed by atoms with Crippen molar-refractivity contribution >= 4 is 11.2 Å². The van der Waals surface area contributed by atoms with E-state index in [0.717, 1.165) is 11.3 Å². The summed E-state index contributed by atoms with van der Waals surface area (Å²) in [5.74, 6) is 1.06. The van der Waals surface area contributed by atoms with Gasteiger partial charge in [0.05, 0.1) is 19.4 Å². The third kappa shape index (κ3) is 3.28. The summed E-state index contributed by atoms with van der Waals surface area (Å²) >= 11 is 0. The lowest BCUT2D eigenvalue weighted by Crippen LogP contribution is -2.16. The van der Waals surface area contributed by atoms with Crippen LogP contribution in [-0.4, -0.2) is 45.7 Å². The molecule has 0 radical (unpaired) electrons. The van der Waals surface area contributed by atoms with E-state index in [0.29, 0.717) is 40.9 Å². The summed E-state index contributed by atoms with van der Waals surface area (Å²) in [7, 11) is 3.20. The summed E-state index contributed by atoms with van der Waals surface area (Å²) in [5.41, 5.74) is 3.21. The van der Waals surface area contributed by atoms with E-state index in [1.54, 1.807) is 27.2 Å². The first-order valence-electron chi connectivity index (χ1n) is 8.24. The first-order valence-corrected chi connectivity index (χ1v) is 8.24. The Morgan fingerprint density at radius 1 is 1.08 bits per heavy atom. The Kier molecular flexibility index (Phi) is 4.94. The Hall–Kier alpha value is -2.87. The second-order valence-electron chi connectivity index (χ2n) is 6.12. The van der Waals surface area contributed by atoms with Crippen LogP contribution < -0.4 is 10.3 Å². The summed E-state index contributed by atoms with van der Waals surface area (Å²) in [6.07, 6.45) is 0. The van der Waals surface area contributed by atoms with Gasteiger partial charge in [-0.25, -0.2) is 19.9 Å². The van der Waals surface area contributed by atoms with Crippen LogP contribution in [0.1, 0.15) is 30.1 Å². The van der Waals surface area contributed by atoms with Crippen molar-refractivity contribution < 1.29 is 9.47 Å². The van der Waals surface area contributed by atoms with Crippen molar-refractivity contribution in [3.05, 3.63) is 39.7 Å². The minimum Gasteiger partial charge on any atom is -0.481 e. The fourth-order valence-corrected chi connectivity index (χ4v) is 2.72. The molecule has 136 valence electrons. The standard InChI is InChI=1S/C18H21N5O3/c1-9(8-25-4)16-21-14(12-6-7-13(26-5)19-10(12)2)15-17(22-16)23-18(24)11(3)20-15/h6-7,9H,8H2,1-5H3,(H,21,22,23,24)/t9-/m1/s1. The molecule has 0 spiro atoms. The van der Waals surface area contributed by atoms with E-state index in [9.17, 15) is 4.79 Å². The van der Waals surface area contributed by atoms with E-state index in [1.807, 2.05) is 19.9 Å². The fraction of sp³-hybridized carbons (Fsp3) is 0.389. The highest BCUT2D eigenvalue weighted by atomic mass is 16.5. The molecule has 1 atom stereocenters. The Morgan fingerprint density at radius 2 is 1.85 bits per heavy atom. The average molecular weight is 355 g/mol. The summed E-state index contributed by atoms with van der Waals surface area (Å²) in [4.78, 5) is 32.9. The van der Waals surface area contributed by atoms with E-state index >= 15 is 0 Å². The maximum absolute atomic E-state index is 12.0. The van der Waals surface area contributed by atoms with Gasteiger partial charge in [0.15, 0.2) is 5.65 Å². The topological polar surface area (TPSA) is 103 Å². The maximum atomic E-state index is 12.0. The number of hydrogen-bond donors (Lipinski definition) is 1. The Bertz CT molecular complexity index is 1020. The van der Waals surface area contributed by atoms with Crippen LogP contribution >= 0.6 is 0 Å². The number of aryl methyl sites for hydroxylation is 2. The van der Waals surface area contributed by atoms with Crippen molar-refractivity contribution in [1.82, 2.24) is 24.9 Å². The largest absolute Gasteiger partial charge is 0.481 e.